The van der Waals surface area contributed by atoms with Crippen LogP contribution in [-0.4, -0.2) is 10.1 Å². The Morgan fingerprint density at radius 3 is 2.26 bits per heavy atom. The van der Waals surface area contributed by atoms with Crippen LogP contribution in [0.15, 0.2) is 73.1 Å². The highest BCUT2D eigenvalue weighted by atomic mass is 32.1. The van der Waals surface area contributed by atoms with Gasteiger partial charge in [-0.3, -0.25) is 0 Å². The maximum Gasteiger partial charge on any atom is 0.238 e. The number of aromatic nitrogens is 1. The molecule has 0 unspecified atom stereocenters. The number of aliphatic hydroxyl groups excluding tert-OH is 1. The summed E-state index contributed by atoms with van der Waals surface area (Å²) in [6.07, 6.45) is 3.49. The predicted molar refractivity (Wildman–Crippen MR) is 128 cm³/mol. The Balaban J connectivity index is 2.07. The first-order chi connectivity index (χ1) is 14.7. The van der Waals surface area contributed by atoms with Crippen LogP contribution in [0.2, 0.25) is 0 Å². The molecule has 0 amide bonds. The van der Waals surface area contributed by atoms with Crippen LogP contribution in [0.1, 0.15) is 43.0 Å². The molecule has 5 heteroatoms. The minimum atomic E-state index is -0.190. The van der Waals surface area contributed by atoms with Crippen LogP contribution in [0.3, 0.4) is 0 Å². The van der Waals surface area contributed by atoms with E-state index in [4.69, 9.17) is 12.2 Å². The molecule has 0 aliphatic rings. The molecule has 0 bridgehead atoms. The van der Waals surface area contributed by atoms with Gasteiger partial charge in [0.1, 0.15) is 0 Å². The van der Waals surface area contributed by atoms with Gasteiger partial charge in [0.05, 0.1) is 6.61 Å². The Morgan fingerprint density at radius 2 is 1.68 bits per heavy atom. The Labute approximate surface area is 189 Å². The smallest absolute Gasteiger partial charge is 0.238 e. The number of hydrogen-bond acceptors (Lipinski definition) is 3. The van der Waals surface area contributed by atoms with E-state index < -0.39 is 0 Å². The van der Waals surface area contributed by atoms with E-state index in [1.165, 1.54) is 0 Å². The molecule has 0 atom stereocenters. The number of nitrogens with one attached hydrogen (secondary N) is 1. The van der Waals surface area contributed by atoms with Crippen molar-refractivity contribution >= 4 is 34.3 Å². The van der Waals surface area contributed by atoms with Gasteiger partial charge in [-0.05, 0) is 47.4 Å². The molecule has 0 aliphatic carbocycles. The second-order valence-electron chi connectivity index (χ2n) is 8.60. The Morgan fingerprint density at radius 1 is 1.03 bits per heavy atom. The van der Waals surface area contributed by atoms with E-state index in [9.17, 15) is 10.2 Å². The summed E-state index contributed by atoms with van der Waals surface area (Å²) in [5, 5.41) is 26.3. The van der Waals surface area contributed by atoms with Crippen LogP contribution in [0.4, 0.5) is 5.69 Å². The summed E-state index contributed by atoms with van der Waals surface area (Å²) in [6.45, 7) is 8.30. The third kappa shape index (κ3) is 5.57. The maximum atomic E-state index is 13.5. The lowest BCUT2D eigenvalue weighted by Crippen LogP contribution is -2.40. The molecule has 160 valence electrons. The van der Waals surface area contributed by atoms with Gasteiger partial charge in [-0.2, -0.15) is 4.57 Å². The standard InChI is InChI=1S/C26H28N2O2S/c1-18-7-13-22(14-8-18)27-25(31)23(28-15-5-6-19(16-28)17-29)24(30)20-9-11-21(12-10-20)26(2,3)4/h5-16,29H,17H2,1-4H3,(H-,27,30,31). The number of pyridine rings is 1. The summed E-state index contributed by atoms with van der Waals surface area (Å²) in [7, 11) is 0. The highest BCUT2D eigenvalue weighted by Gasteiger charge is 2.20. The first kappa shape index (κ1) is 22.7. The number of thiocarbonyl (C=S) groups is 1. The van der Waals surface area contributed by atoms with Gasteiger partial charge >= 0.3 is 0 Å². The monoisotopic (exact) mass is 432 g/mol. The van der Waals surface area contributed by atoms with E-state index in [-0.39, 0.29) is 17.8 Å². The fourth-order valence-corrected chi connectivity index (χ4v) is 3.50. The van der Waals surface area contributed by atoms with Crippen molar-refractivity contribution in [2.75, 3.05) is 5.32 Å². The van der Waals surface area contributed by atoms with Gasteiger partial charge in [-0.1, -0.05) is 75.0 Å². The molecule has 1 aromatic heterocycles. The molecule has 4 nitrogen and oxygen atoms in total. The molecule has 3 aromatic rings. The second kappa shape index (κ2) is 9.41. The molecule has 31 heavy (non-hydrogen) atoms. The fourth-order valence-electron chi connectivity index (χ4n) is 3.18. The molecule has 0 saturated carbocycles. The second-order valence-corrected chi connectivity index (χ2v) is 9.01. The Kier molecular flexibility index (Phi) is 6.88. The molecule has 0 aliphatic heterocycles. The normalized spacial score (nSPS) is 12.3. The third-order valence-corrected chi connectivity index (χ3v) is 5.35. The molecule has 2 N–H and O–H groups in total. The van der Waals surface area contributed by atoms with E-state index in [2.05, 4.69) is 26.1 Å². The maximum absolute atomic E-state index is 13.5. The summed E-state index contributed by atoms with van der Waals surface area (Å²) in [6, 6.07) is 19.1. The summed E-state index contributed by atoms with van der Waals surface area (Å²) in [5.41, 5.74) is 4.67. The van der Waals surface area contributed by atoms with Crippen molar-refractivity contribution in [1.29, 1.82) is 0 Å². The van der Waals surface area contributed by atoms with E-state index in [1.54, 1.807) is 29.1 Å². The van der Waals surface area contributed by atoms with Crippen LogP contribution in [0.5, 0.6) is 0 Å². The molecule has 2 aromatic carbocycles. The van der Waals surface area contributed by atoms with Crippen molar-refractivity contribution in [1.82, 2.24) is 0 Å². The van der Waals surface area contributed by atoms with Gasteiger partial charge in [0.2, 0.25) is 5.70 Å². The topological polar surface area (TPSA) is 59.2 Å². The summed E-state index contributed by atoms with van der Waals surface area (Å²) < 4.78 is 1.68. The summed E-state index contributed by atoms with van der Waals surface area (Å²) >= 11 is 5.66. The van der Waals surface area contributed by atoms with Crippen LogP contribution in [-0.2, 0) is 12.0 Å². The van der Waals surface area contributed by atoms with Crippen molar-refractivity contribution in [2.45, 2.75) is 39.7 Å². The molecule has 0 fully saturated rings. The van der Waals surface area contributed by atoms with E-state index >= 15 is 0 Å². The average molecular weight is 433 g/mol. The largest absolute Gasteiger partial charge is 0.867 e. The lowest BCUT2D eigenvalue weighted by Gasteiger charge is -2.21. The zero-order valence-electron chi connectivity index (χ0n) is 18.3. The van der Waals surface area contributed by atoms with Gasteiger partial charge in [0.25, 0.3) is 0 Å². The van der Waals surface area contributed by atoms with E-state index in [0.717, 1.165) is 16.8 Å². The fraction of sp³-hybridized carbons (Fsp3) is 0.231. The lowest BCUT2D eigenvalue weighted by atomic mass is 9.86. The number of aryl methyl sites for hydroxylation is 1. The van der Waals surface area contributed by atoms with Gasteiger partial charge in [-0.25, -0.2) is 0 Å². The van der Waals surface area contributed by atoms with Crippen LogP contribution >= 0.6 is 12.2 Å². The van der Waals surface area contributed by atoms with Gasteiger partial charge in [-0.15, -0.1) is 0 Å². The number of rotatable bonds is 5. The van der Waals surface area contributed by atoms with Gasteiger partial charge < -0.3 is 15.5 Å². The summed E-state index contributed by atoms with van der Waals surface area (Å²) in [4.78, 5) is 0.314. The Bertz CT molecular complexity index is 1100. The molecular weight excluding hydrogens is 404 g/mol. The highest BCUT2D eigenvalue weighted by Crippen LogP contribution is 2.24. The SMILES string of the molecule is Cc1ccc(NC(=S)/C(=C(\[O-])c2ccc(C(C)(C)C)cc2)[n+]2cccc(CO)c2)cc1. The van der Waals surface area contributed by atoms with E-state index in [0.29, 0.717) is 21.8 Å². The van der Waals surface area contributed by atoms with Crippen molar-refractivity contribution in [2.24, 2.45) is 0 Å². The molecule has 0 radical (unpaired) electrons. The van der Waals surface area contributed by atoms with Gasteiger partial charge in [0, 0.05) is 17.3 Å². The molecule has 0 saturated heterocycles. The van der Waals surface area contributed by atoms with Crippen molar-refractivity contribution in [3.05, 3.63) is 95.3 Å². The summed E-state index contributed by atoms with van der Waals surface area (Å²) in [5.74, 6) is -0.190. The zero-order valence-corrected chi connectivity index (χ0v) is 19.2. The number of hydrogen-bond donors (Lipinski definition) is 2. The molecule has 3 rings (SSSR count). The highest BCUT2D eigenvalue weighted by molar-refractivity contribution is 7.81. The first-order valence-electron chi connectivity index (χ1n) is 10.2. The van der Waals surface area contributed by atoms with Crippen molar-refractivity contribution < 1.29 is 14.8 Å². The first-order valence-corrected chi connectivity index (χ1v) is 10.6. The van der Waals surface area contributed by atoms with Crippen LogP contribution < -0.4 is 15.0 Å². The van der Waals surface area contributed by atoms with Crippen molar-refractivity contribution in [3.63, 3.8) is 0 Å². The number of nitrogens with zero attached hydrogens (tertiary/aromatic N) is 1. The quantitative estimate of drug-likeness (QED) is 0.275. The predicted octanol–water partition coefficient (Wildman–Crippen LogP) is 4.20. The van der Waals surface area contributed by atoms with Gasteiger partial charge in [0.15, 0.2) is 17.4 Å². The average Bonchev–Trinajstić information content (AvgIpc) is 2.75. The minimum Gasteiger partial charge on any atom is -0.867 e. The molecular formula is C26H28N2O2S. The number of benzene rings is 2. The van der Waals surface area contributed by atoms with Crippen LogP contribution in [0, 0.1) is 6.92 Å². The Hall–Kier alpha value is -3.02. The minimum absolute atomic E-state index is 0.000621. The van der Waals surface area contributed by atoms with E-state index in [1.807, 2.05) is 55.5 Å². The zero-order chi connectivity index (χ0) is 22.6. The molecule has 1 heterocycles. The molecule has 0 spiro atoms. The van der Waals surface area contributed by atoms with Crippen LogP contribution in [0.25, 0.3) is 11.5 Å². The third-order valence-electron chi connectivity index (χ3n) is 5.06. The number of anilines is 1. The van der Waals surface area contributed by atoms with Crippen molar-refractivity contribution in [3.8, 4) is 0 Å². The lowest BCUT2D eigenvalue weighted by molar-refractivity contribution is -0.578. The number of aliphatic hydroxyl groups is 1.